The van der Waals surface area contributed by atoms with Crippen LogP contribution in [0.1, 0.15) is 432 Å². The number of carbonyl (C=O) groups is 4. The Kier molecular flexibility index (Phi) is 72.9. The average Bonchev–Trinajstić information content (AvgIpc) is 1.15. The number of ether oxygens (including phenoxy) is 4. The van der Waals surface area contributed by atoms with Gasteiger partial charge in [-0.2, -0.15) is 0 Å². The molecule has 99 heavy (non-hydrogen) atoms. The normalized spacial score (nSPS) is 13.8. The summed E-state index contributed by atoms with van der Waals surface area (Å²) in [5.74, 6) is -2.11. The van der Waals surface area contributed by atoms with Crippen molar-refractivity contribution in [2.75, 3.05) is 39.6 Å². The third-order valence-electron chi connectivity index (χ3n) is 18.9. The smallest absolute Gasteiger partial charge is 0.462 e. The third kappa shape index (κ3) is 74.1. The van der Waals surface area contributed by atoms with E-state index in [2.05, 4.69) is 27.7 Å². The Balaban J connectivity index is 5.21. The molecule has 0 aromatic carbocycles. The van der Waals surface area contributed by atoms with Crippen LogP contribution in [-0.4, -0.2) is 96.7 Å². The Labute approximate surface area is 607 Å². The Morgan fingerprint density at radius 1 is 0.242 bits per heavy atom. The van der Waals surface area contributed by atoms with Crippen LogP contribution in [0.25, 0.3) is 0 Å². The van der Waals surface area contributed by atoms with Gasteiger partial charge in [0.2, 0.25) is 0 Å². The molecule has 0 aliphatic rings. The molecule has 0 heterocycles. The molecule has 0 fully saturated rings. The molecular weight excluding hydrogens is 1290 g/mol. The van der Waals surface area contributed by atoms with Crippen LogP contribution in [0.2, 0.25) is 0 Å². The van der Waals surface area contributed by atoms with Crippen LogP contribution in [0.5, 0.6) is 0 Å². The Hall–Kier alpha value is -1.94. The minimum atomic E-state index is -4.96. The number of hydrogen-bond donors (Lipinski definition) is 3. The zero-order valence-corrected chi connectivity index (χ0v) is 66.3. The molecule has 0 aromatic rings. The first-order valence-corrected chi connectivity index (χ1v) is 44.8. The van der Waals surface area contributed by atoms with Gasteiger partial charge in [-0.25, -0.2) is 9.13 Å². The van der Waals surface area contributed by atoms with Gasteiger partial charge in [-0.15, -0.1) is 0 Å². The van der Waals surface area contributed by atoms with Crippen LogP contribution in [0, 0.1) is 0 Å². The molecule has 0 aliphatic heterocycles. The molecule has 588 valence electrons. The summed E-state index contributed by atoms with van der Waals surface area (Å²) in [6.45, 7) is 5.01. The fourth-order valence-electron chi connectivity index (χ4n) is 12.5. The summed E-state index contributed by atoms with van der Waals surface area (Å²) in [4.78, 5) is 72.9. The van der Waals surface area contributed by atoms with E-state index in [1.165, 1.54) is 263 Å². The SMILES string of the molecule is CCCCCCCCCCCCCCCCCCCCCC(=O)O[C@H](COC(=O)CCCCCCCCCCCCCCCCCCCC)COP(=O)(O)OC[C@@H](O)COP(=O)(O)OC[C@@H](COC(=O)CCCCCCCCCCCCC)OC(=O)CCCCCCCCCCCCC. The predicted octanol–water partition coefficient (Wildman–Crippen LogP) is 24.2. The summed E-state index contributed by atoms with van der Waals surface area (Å²) in [6.07, 6.45) is 66.6. The van der Waals surface area contributed by atoms with Gasteiger partial charge in [-0.05, 0) is 25.7 Å². The highest BCUT2D eigenvalue weighted by atomic mass is 31.2. The molecule has 0 rings (SSSR count). The number of aliphatic hydroxyl groups is 1. The number of carbonyl (C=O) groups excluding carboxylic acids is 4. The van der Waals surface area contributed by atoms with Crippen molar-refractivity contribution >= 4 is 39.5 Å². The van der Waals surface area contributed by atoms with E-state index in [-0.39, 0.29) is 25.7 Å². The zero-order valence-electron chi connectivity index (χ0n) is 64.5. The van der Waals surface area contributed by atoms with Crippen LogP contribution in [0.15, 0.2) is 0 Å². The molecule has 0 radical (unpaired) electrons. The zero-order chi connectivity index (χ0) is 72.5. The van der Waals surface area contributed by atoms with Crippen LogP contribution in [0.4, 0.5) is 0 Å². The minimum absolute atomic E-state index is 0.108. The number of unbranched alkanes of at least 4 members (excludes halogenated alkanes) is 55. The molecule has 5 atom stereocenters. The van der Waals surface area contributed by atoms with E-state index in [0.717, 1.165) is 89.9 Å². The van der Waals surface area contributed by atoms with E-state index in [1.807, 2.05) is 0 Å². The molecule has 0 saturated heterocycles. The molecule has 0 bridgehead atoms. The lowest BCUT2D eigenvalue weighted by Gasteiger charge is -2.21. The van der Waals surface area contributed by atoms with E-state index < -0.39 is 97.5 Å². The molecule has 3 N–H and O–H groups in total. The van der Waals surface area contributed by atoms with Gasteiger partial charge in [0.15, 0.2) is 12.2 Å². The van der Waals surface area contributed by atoms with Gasteiger partial charge in [-0.3, -0.25) is 37.3 Å². The third-order valence-corrected chi connectivity index (χ3v) is 20.8. The molecule has 19 heteroatoms. The first-order valence-electron chi connectivity index (χ1n) is 41.8. The summed E-state index contributed by atoms with van der Waals surface area (Å²) in [5.41, 5.74) is 0. The van der Waals surface area contributed by atoms with Crippen molar-refractivity contribution in [1.82, 2.24) is 0 Å². The molecule has 0 spiro atoms. The van der Waals surface area contributed by atoms with E-state index in [0.29, 0.717) is 25.7 Å². The molecule has 0 saturated carbocycles. The van der Waals surface area contributed by atoms with Crippen molar-refractivity contribution in [3.8, 4) is 0 Å². The monoisotopic (exact) mass is 1450 g/mol. The average molecular weight is 1450 g/mol. The van der Waals surface area contributed by atoms with Gasteiger partial charge >= 0.3 is 39.5 Å². The molecule has 17 nitrogen and oxygen atoms in total. The summed E-state index contributed by atoms with van der Waals surface area (Å²) in [5, 5.41) is 10.6. The van der Waals surface area contributed by atoms with Gasteiger partial charge in [0.05, 0.1) is 26.4 Å². The first kappa shape index (κ1) is 97.1. The van der Waals surface area contributed by atoms with Crippen molar-refractivity contribution in [1.29, 1.82) is 0 Å². The van der Waals surface area contributed by atoms with Crippen molar-refractivity contribution in [2.24, 2.45) is 0 Å². The maximum Gasteiger partial charge on any atom is 0.472 e. The van der Waals surface area contributed by atoms with Crippen LogP contribution in [0.3, 0.4) is 0 Å². The second-order valence-corrected chi connectivity index (χ2v) is 31.7. The molecule has 2 unspecified atom stereocenters. The van der Waals surface area contributed by atoms with Crippen molar-refractivity contribution in [2.45, 2.75) is 451 Å². The van der Waals surface area contributed by atoms with Gasteiger partial charge in [-0.1, -0.05) is 381 Å². The summed E-state index contributed by atoms with van der Waals surface area (Å²) in [7, 11) is -9.91. The lowest BCUT2D eigenvalue weighted by Crippen LogP contribution is -2.30. The van der Waals surface area contributed by atoms with E-state index in [1.54, 1.807) is 0 Å². The van der Waals surface area contributed by atoms with Gasteiger partial charge in [0.25, 0.3) is 0 Å². The quantitative estimate of drug-likeness (QED) is 0.0222. The summed E-state index contributed by atoms with van der Waals surface area (Å²) in [6, 6.07) is 0. The van der Waals surface area contributed by atoms with Crippen LogP contribution >= 0.6 is 15.6 Å². The van der Waals surface area contributed by atoms with Crippen molar-refractivity contribution in [3.05, 3.63) is 0 Å². The fraction of sp³-hybridized carbons (Fsp3) is 0.950. The Bertz CT molecular complexity index is 1880. The largest absolute Gasteiger partial charge is 0.472 e. The lowest BCUT2D eigenvalue weighted by atomic mass is 10.0. The summed E-state index contributed by atoms with van der Waals surface area (Å²) < 4.78 is 68.7. The highest BCUT2D eigenvalue weighted by Gasteiger charge is 2.30. The molecule has 0 aromatic heterocycles. The topological polar surface area (TPSA) is 237 Å². The van der Waals surface area contributed by atoms with Crippen molar-refractivity contribution < 1.29 is 80.2 Å². The van der Waals surface area contributed by atoms with E-state index in [4.69, 9.17) is 37.0 Å². The maximum absolute atomic E-state index is 13.1. The standard InChI is InChI=1S/C80H156O17P2/c1-5-9-13-17-21-25-29-31-33-35-37-39-41-43-47-51-55-59-63-67-80(85)97-76(71-91-78(83)65-61-57-53-49-46-42-40-38-36-34-32-30-26-22-18-14-10-6-2)73-95-99(88,89)93-69-74(81)68-92-98(86,87)94-72-75(96-79(84)66-62-58-54-50-45-28-24-20-16-12-8-4)70-90-77(82)64-60-56-52-48-44-27-23-19-15-11-7-3/h74-76,81H,5-73H2,1-4H3,(H,86,87)(H,88,89)/t74-,75+,76+/m0/s1. The fourth-order valence-corrected chi connectivity index (χ4v) is 14.0. The minimum Gasteiger partial charge on any atom is -0.462 e. The number of phosphoric acid groups is 2. The second kappa shape index (κ2) is 74.3. The van der Waals surface area contributed by atoms with Gasteiger partial charge < -0.3 is 33.8 Å². The van der Waals surface area contributed by atoms with Gasteiger partial charge in [0, 0.05) is 25.7 Å². The highest BCUT2D eigenvalue weighted by Crippen LogP contribution is 2.45. The molecule has 0 amide bonds. The van der Waals surface area contributed by atoms with Gasteiger partial charge in [0.1, 0.15) is 19.3 Å². The second-order valence-electron chi connectivity index (χ2n) is 28.8. The number of rotatable bonds is 81. The first-order chi connectivity index (χ1) is 48.2. The number of aliphatic hydroxyl groups excluding tert-OH is 1. The Morgan fingerprint density at radius 3 is 0.596 bits per heavy atom. The number of hydrogen-bond acceptors (Lipinski definition) is 15. The summed E-state index contributed by atoms with van der Waals surface area (Å²) >= 11 is 0. The Morgan fingerprint density at radius 2 is 0.404 bits per heavy atom. The van der Waals surface area contributed by atoms with Crippen LogP contribution in [-0.2, 0) is 65.4 Å². The predicted molar refractivity (Wildman–Crippen MR) is 405 cm³/mol. The van der Waals surface area contributed by atoms with Crippen molar-refractivity contribution in [3.63, 3.8) is 0 Å². The maximum atomic E-state index is 13.1. The molecule has 0 aliphatic carbocycles. The number of esters is 4. The van der Waals surface area contributed by atoms with Crippen LogP contribution < -0.4 is 0 Å². The lowest BCUT2D eigenvalue weighted by molar-refractivity contribution is -0.161. The van der Waals surface area contributed by atoms with E-state index in [9.17, 15) is 43.2 Å². The van der Waals surface area contributed by atoms with E-state index >= 15 is 0 Å². The molecular formula is C80H156O17P2. The number of phosphoric ester groups is 2. The highest BCUT2D eigenvalue weighted by molar-refractivity contribution is 7.47.